The highest BCUT2D eigenvalue weighted by Gasteiger charge is 2.35. The van der Waals surface area contributed by atoms with Crippen LogP contribution in [0.25, 0.3) is 11.1 Å². The highest BCUT2D eigenvalue weighted by molar-refractivity contribution is 7.09. The molecule has 48 heavy (non-hydrogen) atoms. The molecule has 1 aliphatic heterocycles. The molecule has 0 bridgehead atoms. The Hall–Kier alpha value is -3.79. The van der Waals surface area contributed by atoms with Crippen molar-refractivity contribution in [2.24, 2.45) is 5.73 Å². The summed E-state index contributed by atoms with van der Waals surface area (Å²) in [4.78, 5) is 48.2. The maximum atomic E-state index is 14.5. The third kappa shape index (κ3) is 9.21. The van der Waals surface area contributed by atoms with Gasteiger partial charge in [0.05, 0.1) is 0 Å². The Morgan fingerprint density at radius 2 is 1.69 bits per heavy atom. The minimum Gasteiger partial charge on any atom is -0.354 e. The number of carbonyl (C=O) groups excluding carboxylic acids is 3. The molecule has 3 amide bonds. The lowest BCUT2D eigenvalue weighted by molar-refractivity contribution is -0.146. The van der Waals surface area contributed by atoms with Gasteiger partial charge in [0.25, 0.3) is 0 Å². The van der Waals surface area contributed by atoms with Crippen LogP contribution in [0.4, 0.5) is 0 Å². The molecule has 3 N–H and O–H groups in total. The van der Waals surface area contributed by atoms with Crippen LogP contribution in [0.15, 0.2) is 84.3 Å². The molecule has 0 radical (unpaired) electrons. The number of rotatable bonds is 15. The van der Waals surface area contributed by atoms with E-state index in [9.17, 15) is 14.4 Å². The largest absolute Gasteiger partial charge is 0.354 e. The number of benzene rings is 2. The van der Waals surface area contributed by atoms with E-state index in [0.29, 0.717) is 31.8 Å². The number of hydrogen-bond acceptors (Lipinski definition) is 6. The minimum atomic E-state index is -0.809. The molecule has 8 nitrogen and oxygen atoms in total. The number of likely N-dealkylation sites (N-methyl/N-ethyl adjacent to an activating group) is 2. The average molecular weight is 670 g/mol. The summed E-state index contributed by atoms with van der Waals surface area (Å²) in [6, 6.07) is 21.2. The topological polar surface area (TPSA) is 99.0 Å². The highest BCUT2D eigenvalue weighted by Crippen LogP contribution is 2.32. The van der Waals surface area contributed by atoms with Crippen molar-refractivity contribution in [2.45, 2.75) is 81.5 Å². The summed E-state index contributed by atoms with van der Waals surface area (Å²) in [6.45, 7) is 1.64. The normalized spacial score (nSPS) is 18.6. The summed E-state index contributed by atoms with van der Waals surface area (Å²) in [6.07, 6.45) is 11.0. The molecule has 0 spiro atoms. The zero-order chi connectivity index (χ0) is 34.1. The summed E-state index contributed by atoms with van der Waals surface area (Å²) < 4.78 is 0. The number of nitrogens with zero attached hydrogens (tertiary/aromatic N) is 3. The lowest BCUT2D eigenvalue weighted by Crippen LogP contribution is -2.56. The number of amides is 3. The molecular weight excluding hydrogens is 619 g/mol. The van der Waals surface area contributed by atoms with Crippen molar-refractivity contribution in [1.82, 2.24) is 20.0 Å². The summed E-state index contributed by atoms with van der Waals surface area (Å²) in [5, 5.41) is 5.12. The Labute approximate surface area is 290 Å². The fourth-order valence-corrected chi connectivity index (χ4v) is 7.56. The van der Waals surface area contributed by atoms with E-state index in [1.165, 1.54) is 11.3 Å². The van der Waals surface area contributed by atoms with Gasteiger partial charge in [-0.3, -0.25) is 14.4 Å². The van der Waals surface area contributed by atoms with Crippen LogP contribution in [-0.2, 0) is 27.2 Å². The predicted molar refractivity (Wildman–Crippen MR) is 195 cm³/mol. The molecule has 2 aliphatic rings. The number of likely N-dealkylation sites (tertiary alicyclic amines) is 1. The van der Waals surface area contributed by atoms with Crippen LogP contribution in [-0.4, -0.2) is 90.3 Å². The van der Waals surface area contributed by atoms with E-state index in [0.717, 1.165) is 60.2 Å². The Kier molecular flexibility index (Phi) is 12.2. The number of hydrogen-bond donors (Lipinski definition) is 2. The molecule has 9 heteroatoms. The molecule has 3 aromatic rings. The standard InChI is InChI=1S/C39H51N5O3S/c1-42-25-8-13-32(42)20-24-41-37(46)34(28-33-14-9-26-48-33)44(3)38(47)35(43(2)36(45)15-7-21-39(40)22-10-23-39)27-29-16-18-31(19-17-29)30-11-5-4-6-12-30/h4-7,9,11-12,14-19,26,32,34-35H,8,10,13,20-25,27-28,40H2,1-3H3,(H,41,46)/b15-7+. The Bertz CT molecular complexity index is 1520. The lowest BCUT2D eigenvalue weighted by Gasteiger charge is -2.37. The van der Waals surface area contributed by atoms with Crippen molar-refractivity contribution in [1.29, 1.82) is 0 Å². The van der Waals surface area contributed by atoms with Gasteiger partial charge in [0.1, 0.15) is 12.1 Å². The highest BCUT2D eigenvalue weighted by atomic mass is 32.1. The summed E-state index contributed by atoms with van der Waals surface area (Å²) in [7, 11) is 5.50. The van der Waals surface area contributed by atoms with Crippen molar-refractivity contribution < 1.29 is 14.4 Å². The molecule has 3 unspecified atom stereocenters. The molecule has 2 fully saturated rings. The van der Waals surface area contributed by atoms with Gasteiger partial charge < -0.3 is 25.8 Å². The quantitative estimate of drug-likeness (QED) is 0.215. The second-order valence-corrected chi connectivity index (χ2v) is 14.7. The Morgan fingerprint density at radius 3 is 2.31 bits per heavy atom. The van der Waals surface area contributed by atoms with E-state index in [1.54, 1.807) is 36.4 Å². The van der Waals surface area contributed by atoms with Gasteiger partial charge in [-0.2, -0.15) is 0 Å². The van der Waals surface area contributed by atoms with Crippen molar-refractivity contribution in [3.05, 3.63) is 94.7 Å². The molecule has 2 aromatic carbocycles. The fraction of sp³-hybridized carbons (Fsp3) is 0.462. The van der Waals surface area contributed by atoms with Gasteiger partial charge in [-0.1, -0.05) is 66.7 Å². The smallest absolute Gasteiger partial charge is 0.246 e. The van der Waals surface area contributed by atoms with Gasteiger partial charge in [0, 0.05) is 49.9 Å². The molecule has 1 saturated carbocycles. The number of carbonyl (C=O) groups is 3. The summed E-state index contributed by atoms with van der Waals surface area (Å²) in [5.41, 5.74) is 9.27. The summed E-state index contributed by atoms with van der Waals surface area (Å²) >= 11 is 1.57. The van der Waals surface area contributed by atoms with E-state index >= 15 is 0 Å². The number of nitrogens with two attached hydrogens (primary N) is 1. The van der Waals surface area contributed by atoms with Gasteiger partial charge in [-0.15, -0.1) is 11.3 Å². The second kappa shape index (κ2) is 16.5. The van der Waals surface area contributed by atoms with Gasteiger partial charge in [0.15, 0.2) is 0 Å². The van der Waals surface area contributed by atoms with Crippen molar-refractivity contribution in [3.63, 3.8) is 0 Å². The van der Waals surface area contributed by atoms with Crippen LogP contribution in [0.1, 0.15) is 55.4 Å². The lowest BCUT2D eigenvalue weighted by atomic mass is 9.75. The third-order valence-electron chi connectivity index (χ3n) is 10.3. The van der Waals surface area contributed by atoms with Crippen LogP contribution in [0.3, 0.4) is 0 Å². The monoisotopic (exact) mass is 669 g/mol. The first kappa shape index (κ1) is 35.5. The van der Waals surface area contributed by atoms with E-state index < -0.39 is 12.1 Å². The fourth-order valence-electron chi connectivity index (χ4n) is 6.81. The van der Waals surface area contributed by atoms with Crippen LogP contribution >= 0.6 is 11.3 Å². The first-order valence-corrected chi connectivity index (χ1v) is 18.1. The van der Waals surface area contributed by atoms with E-state index in [4.69, 9.17) is 5.73 Å². The van der Waals surface area contributed by atoms with Gasteiger partial charge in [0.2, 0.25) is 17.7 Å². The van der Waals surface area contributed by atoms with Gasteiger partial charge in [-0.25, -0.2) is 0 Å². The van der Waals surface area contributed by atoms with E-state index in [1.807, 2.05) is 66.1 Å². The molecule has 1 aromatic heterocycles. The minimum absolute atomic E-state index is 0.173. The molecule has 2 heterocycles. The maximum absolute atomic E-state index is 14.5. The first-order chi connectivity index (χ1) is 23.1. The van der Waals surface area contributed by atoms with E-state index in [-0.39, 0.29) is 23.3 Å². The second-order valence-electron chi connectivity index (χ2n) is 13.7. The van der Waals surface area contributed by atoms with Crippen LogP contribution in [0.5, 0.6) is 0 Å². The molecule has 3 atom stereocenters. The number of nitrogens with one attached hydrogen (secondary N) is 1. The summed E-state index contributed by atoms with van der Waals surface area (Å²) in [5.74, 6) is -0.702. The van der Waals surface area contributed by atoms with Crippen LogP contribution < -0.4 is 11.1 Å². The Morgan fingerprint density at radius 1 is 0.958 bits per heavy atom. The van der Waals surface area contributed by atoms with Gasteiger partial charge >= 0.3 is 0 Å². The molecular formula is C39H51N5O3S. The molecule has 256 valence electrons. The van der Waals surface area contributed by atoms with Crippen LogP contribution in [0.2, 0.25) is 0 Å². The molecule has 5 rings (SSSR count). The Balaban J connectivity index is 1.35. The van der Waals surface area contributed by atoms with Crippen molar-refractivity contribution in [3.8, 4) is 11.1 Å². The van der Waals surface area contributed by atoms with Crippen LogP contribution in [0, 0.1) is 0 Å². The zero-order valence-corrected chi connectivity index (χ0v) is 29.5. The average Bonchev–Trinajstić information content (AvgIpc) is 3.76. The van der Waals surface area contributed by atoms with Crippen molar-refractivity contribution in [2.75, 3.05) is 34.2 Å². The SMILES string of the molecule is CN1CCCC1CCNC(=O)C(Cc1cccs1)N(C)C(=O)C(Cc1ccc(-c2ccccc2)cc1)N(C)C(=O)/C=C/CC1(N)CCC1. The first-order valence-electron chi connectivity index (χ1n) is 17.3. The third-order valence-corrected chi connectivity index (χ3v) is 11.2. The maximum Gasteiger partial charge on any atom is 0.246 e. The molecule has 1 aliphatic carbocycles. The van der Waals surface area contributed by atoms with E-state index in [2.05, 4.69) is 29.4 Å². The number of thiophene rings is 1. The molecule has 1 saturated heterocycles. The van der Waals surface area contributed by atoms with Crippen molar-refractivity contribution >= 4 is 29.1 Å². The zero-order valence-electron chi connectivity index (χ0n) is 28.6. The van der Waals surface area contributed by atoms with Gasteiger partial charge in [-0.05, 0) is 92.8 Å². The predicted octanol–water partition coefficient (Wildman–Crippen LogP) is 5.28.